The lowest BCUT2D eigenvalue weighted by Crippen LogP contribution is -2.45. The number of carbonyl (C=O) groups is 1. The van der Waals surface area contributed by atoms with Crippen molar-refractivity contribution in [2.24, 2.45) is 17.8 Å². The number of sulfonamides is 1. The predicted molar refractivity (Wildman–Crippen MR) is 102 cm³/mol. The number of anilines is 1. The van der Waals surface area contributed by atoms with Crippen LogP contribution < -0.4 is 9.64 Å². The zero-order valence-electron chi connectivity index (χ0n) is 16.4. The van der Waals surface area contributed by atoms with Crippen molar-refractivity contribution >= 4 is 21.6 Å². The van der Waals surface area contributed by atoms with E-state index in [1.165, 1.54) is 33.5 Å². The number of rotatable bonds is 6. The Labute approximate surface area is 168 Å². The quantitative estimate of drug-likeness (QED) is 0.690. The van der Waals surface area contributed by atoms with Gasteiger partial charge >= 0.3 is 6.36 Å². The number of hydrogen-bond donors (Lipinski definition) is 0. The van der Waals surface area contributed by atoms with Crippen molar-refractivity contribution in [2.75, 3.05) is 30.3 Å². The molecule has 2 saturated heterocycles. The molecule has 2 atom stereocenters. The molecule has 1 aromatic carbocycles. The molecule has 162 valence electrons. The summed E-state index contributed by atoms with van der Waals surface area (Å²) in [6.07, 6.45) is -3.56. The van der Waals surface area contributed by atoms with Gasteiger partial charge in [0.2, 0.25) is 15.9 Å². The molecule has 1 aromatic rings. The molecule has 2 fully saturated rings. The maximum Gasteiger partial charge on any atom is 0.573 e. The van der Waals surface area contributed by atoms with E-state index in [1.807, 2.05) is 13.8 Å². The Morgan fingerprint density at radius 3 is 2.41 bits per heavy atom. The van der Waals surface area contributed by atoms with Gasteiger partial charge in [-0.2, -0.15) is 0 Å². The van der Waals surface area contributed by atoms with Gasteiger partial charge in [0.05, 0.1) is 11.7 Å². The van der Waals surface area contributed by atoms with Crippen molar-refractivity contribution in [3.05, 3.63) is 24.3 Å². The average Bonchev–Trinajstić information content (AvgIpc) is 3.06. The summed E-state index contributed by atoms with van der Waals surface area (Å²) in [4.78, 5) is 14.5. The number of carbonyl (C=O) groups excluding carboxylic acids is 1. The fourth-order valence-electron chi connectivity index (χ4n) is 3.83. The number of hydrogen-bond acceptors (Lipinski definition) is 4. The van der Waals surface area contributed by atoms with E-state index < -0.39 is 22.3 Å². The lowest BCUT2D eigenvalue weighted by molar-refractivity contribution is -0.274. The van der Waals surface area contributed by atoms with Crippen LogP contribution in [0.25, 0.3) is 0 Å². The third-order valence-corrected chi connectivity index (χ3v) is 7.28. The number of benzene rings is 1. The van der Waals surface area contributed by atoms with E-state index in [-0.39, 0.29) is 35.8 Å². The first-order valence-corrected chi connectivity index (χ1v) is 11.2. The molecule has 0 radical (unpaired) electrons. The summed E-state index contributed by atoms with van der Waals surface area (Å²) < 4.78 is 67.3. The first-order chi connectivity index (χ1) is 13.5. The predicted octanol–water partition coefficient (Wildman–Crippen LogP) is 3.25. The second-order valence-corrected chi connectivity index (χ2v) is 10.1. The number of alkyl halides is 3. The highest BCUT2D eigenvalue weighted by atomic mass is 32.2. The third kappa shape index (κ3) is 5.22. The highest BCUT2D eigenvalue weighted by Gasteiger charge is 2.46. The minimum Gasteiger partial charge on any atom is -0.406 e. The molecule has 0 spiro atoms. The Hall–Kier alpha value is -1.81. The normalized spacial score (nSPS) is 23.5. The lowest BCUT2D eigenvalue weighted by atomic mass is 9.87. The van der Waals surface area contributed by atoms with Gasteiger partial charge < -0.3 is 9.64 Å². The summed E-state index contributed by atoms with van der Waals surface area (Å²) in [7, 11) is -3.40. The monoisotopic (exact) mass is 434 g/mol. The van der Waals surface area contributed by atoms with Gasteiger partial charge in [-0.05, 0) is 48.9 Å². The molecule has 10 heteroatoms. The number of halogens is 3. The van der Waals surface area contributed by atoms with Crippen LogP contribution >= 0.6 is 0 Å². The molecule has 1 amide bonds. The Bertz CT molecular complexity index is 840. The second-order valence-electron chi connectivity index (χ2n) is 8.00. The van der Waals surface area contributed by atoms with Crippen molar-refractivity contribution < 1.29 is 31.1 Å². The Morgan fingerprint density at radius 1 is 1.17 bits per heavy atom. The van der Waals surface area contributed by atoms with Gasteiger partial charge in [0.1, 0.15) is 5.75 Å². The van der Waals surface area contributed by atoms with E-state index in [2.05, 4.69) is 4.74 Å². The van der Waals surface area contributed by atoms with Gasteiger partial charge in [0, 0.05) is 25.3 Å². The molecule has 29 heavy (non-hydrogen) atoms. The van der Waals surface area contributed by atoms with Crippen LogP contribution in [-0.2, 0) is 14.8 Å². The fraction of sp³-hybridized carbons (Fsp3) is 0.632. The molecular weight excluding hydrogens is 409 g/mol. The van der Waals surface area contributed by atoms with E-state index in [0.717, 1.165) is 0 Å². The standard InChI is InChI=1S/C19H25F3N2O4S/c1-13(2)8-10-29(26,27)23-11-14-7-9-24(18(25)17(14)12-23)15-3-5-16(6-4-15)28-19(20,21)22/h3-6,13-14,17H,7-12H2,1-2H3/t14-,17+/m0/s1. The molecule has 0 saturated carbocycles. The van der Waals surface area contributed by atoms with E-state index in [4.69, 9.17) is 0 Å². The van der Waals surface area contributed by atoms with Crippen molar-refractivity contribution in [3.8, 4) is 5.75 Å². The van der Waals surface area contributed by atoms with Gasteiger partial charge in [-0.25, -0.2) is 12.7 Å². The van der Waals surface area contributed by atoms with Gasteiger partial charge in [0.25, 0.3) is 0 Å². The minimum atomic E-state index is -4.77. The molecular formula is C19H25F3N2O4S. The summed E-state index contributed by atoms with van der Waals surface area (Å²) in [5.41, 5.74) is 0.476. The van der Waals surface area contributed by atoms with Crippen LogP contribution in [0.15, 0.2) is 24.3 Å². The van der Waals surface area contributed by atoms with Crippen LogP contribution in [-0.4, -0.2) is 50.4 Å². The zero-order valence-corrected chi connectivity index (χ0v) is 17.2. The number of amides is 1. The fourth-order valence-corrected chi connectivity index (χ4v) is 5.67. The van der Waals surface area contributed by atoms with E-state index >= 15 is 0 Å². The van der Waals surface area contributed by atoms with Crippen LogP contribution in [0.1, 0.15) is 26.7 Å². The topological polar surface area (TPSA) is 66.9 Å². The van der Waals surface area contributed by atoms with E-state index in [9.17, 15) is 26.4 Å². The Kier molecular flexibility index (Phi) is 6.14. The first kappa shape index (κ1) is 21.9. The largest absolute Gasteiger partial charge is 0.573 e. The van der Waals surface area contributed by atoms with Crippen LogP contribution in [0, 0.1) is 17.8 Å². The van der Waals surface area contributed by atoms with Crippen LogP contribution in [0.3, 0.4) is 0 Å². The molecule has 2 aliphatic rings. The second kappa shape index (κ2) is 8.14. The summed E-state index contributed by atoms with van der Waals surface area (Å²) in [5.74, 6) is -0.651. The van der Waals surface area contributed by atoms with Crippen LogP contribution in [0.4, 0.5) is 18.9 Å². The summed E-state index contributed by atoms with van der Waals surface area (Å²) in [6, 6.07) is 5.15. The van der Waals surface area contributed by atoms with Gasteiger partial charge in [-0.15, -0.1) is 13.2 Å². The van der Waals surface area contributed by atoms with Crippen molar-refractivity contribution in [1.29, 1.82) is 0 Å². The summed E-state index contributed by atoms with van der Waals surface area (Å²) in [5, 5.41) is 0. The molecule has 2 aliphatic heterocycles. The summed E-state index contributed by atoms with van der Waals surface area (Å²) in [6.45, 7) is 4.84. The molecule has 0 aromatic heterocycles. The molecule has 2 heterocycles. The zero-order chi connectivity index (χ0) is 21.4. The molecule has 0 N–H and O–H groups in total. The van der Waals surface area contributed by atoms with Gasteiger partial charge in [0.15, 0.2) is 0 Å². The van der Waals surface area contributed by atoms with Crippen LogP contribution in [0.2, 0.25) is 0 Å². The minimum absolute atomic E-state index is 0.0274. The highest BCUT2D eigenvalue weighted by molar-refractivity contribution is 7.89. The number of nitrogens with zero attached hydrogens (tertiary/aromatic N) is 2. The highest BCUT2D eigenvalue weighted by Crippen LogP contribution is 2.36. The molecule has 0 bridgehead atoms. The van der Waals surface area contributed by atoms with Crippen molar-refractivity contribution in [3.63, 3.8) is 0 Å². The third-order valence-electron chi connectivity index (χ3n) is 5.44. The first-order valence-electron chi connectivity index (χ1n) is 9.61. The molecule has 0 unspecified atom stereocenters. The lowest BCUT2D eigenvalue weighted by Gasteiger charge is -2.33. The Balaban J connectivity index is 1.68. The van der Waals surface area contributed by atoms with Crippen LogP contribution in [0.5, 0.6) is 5.75 Å². The van der Waals surface area contributed by atoms with E-state index in [0.29, 0.717) is 31.6 Å². The molecule has 6 nitrogen and oxygen atoms in total. The number of fused-ring (bicyclic) bond motifs is 1. The number of ether oxygens (including phenoxy) is 1. The SMILES string of the molecule is CC(C)CCS(=O)(=O)N1C[C@@H]2CCN(c3ccc(OC(F)(F)F)cc3)C(=O)[C@@H]2C1. The van der Waals surface area contributed by atoms with Gasteiger partial charge in [-0.1, -0.05) is 13.8 Å². The average molecular weight is 434 g/mol. The maximum atomic E-state index is 13.0. The van der Waals surface area contributed by atoms with Crippen molar-refractivity contribution in [1.82, 2.24) is 4.31 Å². The summed E-state index contributed by atoms with van der Waals surface area (Å²) >= 11 is 0. The molecule has 0 aliphatic carbocycles. The maximum absolute atomic E-state index is 13.0. The van der Waals surface area contributed by atoms with Gasteiger partial charge in [-0.3, -0.25) is 4.79 Å². The number of piperidine rings is 1. The van der Waals surface area contributed by atoms with E-state index in [1.54, 1.807) is 0 Å². The molecule has 3 rings (SSSR count). The van der Waals surface area contributed by atoms with Crippen molar-refractivity contribution in [2.45, 2.75) is 33.1 Å². The Morgan fingerprint density at radius 2 is 1.83 bits per heavy atom. The smallest absolute Gasteiger partial charge is 0.406 e.